The fourth-order valence-corrected chi connectivity index (χ4v) is 4.64. The van der Waals surface area contributed by atoms with E-state index in [9.17, 15) is 4.79 Å². The lowest BCUT2D eigenvalue weighted by Crippen LogP contribution is -2.28. The number of allylic oxidation sites excluding steroid dienone is 1. The normalized spacial score (nSPS) is 15.9. The number of amides is 1. The minimum Gasteiger partial charge on any atom is -0.489 e. The molecular weight excluding hydrogens is 494 g/mol. The number of thioether (sulfide) groups is 1. The second kappa shape index (κ2) is 12.6. The largest absolute Gasteiger partial charge is 0.489 e. The molecule has 38 heavy (non-hydrogen) atoms. The van der Waals surface area contributed by atoms with Crippen LogP contribution in [0.15, 0.2) is 129 Å². The maximum absolute atomic E-state index is 13.3. The topological polar surface area (TPSA) is 67.4 Å². The number of benzene rings is 3. The Balaban J connectivity index is 1.32. The monoisotopic (exact) mass is 519 g/mol. The predicted octanol–water partition coefficient (Wildman–Crippen LogP) is 7.03. The molecule has 0 atom stereocenters. The van der Waals surface area contributed by atoms with Crippen molar-refractivity contribution in [2.75, 3.05) is 0 Å². The molecular formula is C31H25N3O3S. The summed E-state index contributed by atoms with van der Waals surface area (Å²) < 4.78 is 11.4. The second-order valence-corrected chi connectivity index (χ2v) is 9.35. The zero-order valence-corrected chi connectivity index (χ0v) is 21.3. The molecule has 0 aliphatic carbocycles. The van der Waals surface area contributed by atoms with E-state index >= 15 is 0 Å². The first-order chi connectivity index (χ1) is 18.7. The van der Waals surface area contributed by atoms with Crippen LogP contribution in [0.1, 0.15) is 22.5 Å². The molecule has 2 heterocycles. The average Bonchev–Trinajstić information content (AvgIpc) is 3.57. The zero-order valence-electron chi connectivity index (χ0n) is 20.5. The van der Waals surface area contributed by atoms with E-state index < -0.39 is 0 Å². The van der Waals surface area contributed by atoms with Gasteiger partial charge in [-0.15, -0.1) is 5.10 Å². The summed E-state index contributed by atoms with van der Waals surface area (Å²) in [5, 5.41) is 8.99. The van der Waals surface area contributed by atoms with Crippen molar-refractivity contribution in [3.05, 3.63) is 137 Å². The van der Waals surface area contributed by atoms with Crippen LogP contribution in [-0.2, 0) is 17.9 Å². The van der Waals surface area contributed by atoms with Gasteiger partial charge in [0.25, 0.3) is 5.91 Å². The molecule has 1 saturated heterocycles. The summed E-state index contributed by atoms with van der Waals surface area (Å²) in [5.41, 5.74) is 3.02. The van der Waals surface area contributed by atoms with Crippen molar-refractivity contribution in [3.63, 3.8) is 0 Å². The highest BCUT2D eigenvalue weighted by Crippen LogP contribution is 2.34. The van der Waals surface area contributed by atoms with Gasteiger partial charge in [0.2, 0.25) is 0 Å². The molecule has 3 aromatic carbocycles. The van der Waals surface area contributed by atoms with Crippen molar-refractivity contribution in [1.29, 1.82) is 0 Å². The summed E-state index contributed by atoms with van der Waals surface area (Å²) >= 11 is 1.28. The number of furan rings is 1. The quantitative estimate of drug-likeness (QED) is 0.135. The molecule has 4 aromatic rings. The molecule has 0 spiro atoms. The van der Waals surface area contributed by atoms with Gasteiger partial charge in [0.05, 0.1) is 17.7 Å². The minimum absolute atomic E-state index is 0.157. The van der Waals surface area contributed by atoms with Gasteiger partial charge >= 0.3 is 0 Å². The maximum atomic E-state index is 13.3. The Morgan fingerprint density at radius 1 is 0.895 bits per heavy atom. The molecule has 0 bridgehead atoms. The van der Waals surface area contributed by atoms with E-state index in [2.05, 4.69) is 10.2 Å². The number of ether oxygens (including phenoxy) is 1. The van der Waals surface area contributed by atoms with Crippen LogP contribution < -0.4 is 4.74 Å². The molecule has 0 radical (unpaired) electrons. The molecule has 0 unspecified atom stereocenters. The lowest BCUT2D eigenvalue weighted by Gasteiger charge is -2.12. The Bertz CT molecular complexity index is 1480. The van der Waals surface area contributed by atoms with Crippen molar-refractivity contribution in [1.82, 2.24) is 4.90 Å². The second-order valence-electron chi connectivity index (χ2n) is 8.34. The molecule has 1 fully saturated rings. The number of amidine groups is 1. The van der Waals surface area contributed by atoms with Crippen molar-refractivity contribution in [2.45, 2.75) is 13.2 Å². The summed E-state index contributed by atoms with van der Waals surface area (Å²) in [5.74, 6) is 1.24. The predicted molar refractivity (Wildman–Crippen MR) is 153 cm³/mol. The Morgan fingerprint density at radius 3 is 2.47 bits per heavy atom. The molecule has 1 aliphatic heterocycles. The number of carbonyl (C=O) groups is 1. The molecule has 188 valence electrons. The molecule has 5 rings (SSSR count). The fraction of sp³-hybridized carbons (Fsp3) is 0.0645. The maximum Gasteiger partial charge on any atom is 0.267 e. The highest BCUT2D eigenvalue weighted by atomic mass is 32.2. The van der Waals surface area contributed by atoms with Crippen LogP contribution in [0, 0.1) is 0 Å². The fourth-order valence-electron chi connectivity index (χ4n) is 3.71. The number of rotatable bonds is 9. The van der Waals surface area contributed by atoms with Crippen molar-refractivity contribution < 1.29 is 13.9 Å². The van der Waals surface area contributed by atoms with Crippen LogP contribution in [0.25, 0.3) is 12.2 Å². The van der Waals surface area contributed by atoms with E-state index in [0.717, 1.165) is 22.4 Å². The number of hydrogen-bond acceptors (Lipinski definition) is 6. The van der Waals surface area contributed by atoms with Crippen molar-refractivity contribution >= 4 is 41.2 Å². The number of hydrogen-bond donors (Lipinski definition) is 0. The molecule has 6 nitrogen and oxygen atoms in total. The van der Waals surface area contributed by atoms with Crippen LogP contribution in [0.2, 0.25) is 0 Å². The van der Waals surface area contributed by atoms with E-state index in [1.54, 1.807) is 23.4 Å². The van der Waals surface area contributed by atoms with E-state index in [-0.39, 0.29) is 12.5 Å². The molecule has 7 heteroatoms. The first-order valence-corrected chi connectivity index (χ1v) is 12.9. The molecule has 1 aliphatic rings. The van der Waals surface area contributed by atoms with E-state index in [1.165, 1.54) is 11.8 Å². The third-order valence-electron chi connectivity index (χ3n) is 5.57. The van der Waals surface area contributed by atoms with Gasteiger partial charge in [0.15, 0.2) is 5.17 Å². The summed E-state index contributed by atoms with van der Waals surface area (Å²) in [6.45, 7) is 0.740. The molecule has 0 N–H and O–H groups in total. The molecule has 1 aromatic heterocycles. The van der Waals surface area contributed by atoms with Gasteiger partial charge in [-0.25, -0.2) is 0 Å². The highest BCUT2D eigenvalue weighted by molar-refractivity contribution is 8.18. The van der Waals surface area contributed by atoms with Crippen LogP contribution in [0.3, 0.4) is 0 Å². The van der Waals surface area contributed by atoms with E-state index in [0.29, 0.717) is 22.4 Å². The van der Waals surface area contributed by atoms with Crippen LogP contribution in [0.4, 0.5) is 0 Å². The smallest absolute Gasteiger partial charge is 0.267 e. The van der Waals surface area contributed by atoms with Gasteiger partial charge in [-0.05, 0) is 64.9 Å². The van der Waals surface area contributed by atoms with Gasteiger partial charge in [0, 0.05) is 6.21 Å². The Morgan fingerprint density at radius 2 is 1.68 bits per heavy atom. The highest BCUT2D eigenvalue weighted by Gasteiger charge is 2.34. The first-order valence-electron chi connectivity index (χ1n) is 12.1. The van der Waals surface area contributed by atoms with Gasteiger partial charge in [-0.3, -0.25) is 9.69 Å². The van der Waals surface area contributed by atoms with Gasteiger partial charge < -0.3 is 9.15 Å². The van der Waals surface area contributed by atoms with E-state index in [1.807, 2.05) is 109 Å². The Kier molecular flexibility index (Phi) is 8.28. The zero-order chi connectivity index (χ0) is 26.0. The van der Waals surface area contributed by atoms with E-state index in [4.69, 9.17) is 9.15 Å². The van der Waals surface area contributed by atoms with Crippen molar-refractivity contribution in [3.8, 4) is 5.75 Å². The summed E-state index contributed by atoms with van der Waals surface area (Å²) in [7, 11) is 0. The SMILES string of the molecule is O=C1/C(=C/c2cccc(OCc3ccccc3)c2)S/C(=N/N=C/C=C/c2ccccc2)N1Cc1ccco1. The lowest BCUT2D eigenvalue weighted by atomic mass is 10.2. The minimum atomic E-state index is -0.157. The number of carbonyl (C=O) groups excluding carboxylic acids is 1. The summed E-state index contributed by atoms with van der Waals surface area (Å²) in [6.07, 6.45) is 8.79. The van der Waals surface area contributed by atoms with Crippen LogP contribution in [0.5, 0.6) is 5.75 Å². The van der Waals surface area contributed by atoms with Gasteiger partial charge in [-0.1, -0.05) is 78.9 Å². The van der Waals surface area contributed by atoms with Gasteiger partial charge in [0.1, 0.15) is 18.1 Å². The molecule has 1 amide bonds. The third kappa shape index (κ3) is 6.78. The average molecular weight is 520 g/mol. The standard InChI is InChI=1S/C31H25N3O3S/c35-30-29(21-26-14-7-16-27(20-26)37-23-25-12-5-2-6-13-25)38-31(34(30)22-28-17-9-19-36-28)33-32-18-8-15-24-10-3-1-4-11-24/h1-21H,22-23H2/b15-8+,29-21-,32-18+,33-31+. The Labute approximate surface area is 225 Å². The summed E-state index contributed by atoms with van der Waals surface area (Å²) in [6, 6.07) is 31.2. The summed E-state index contributed by atoms with van der Waals surface area (Å²) in [4.78, 5) is 15.5. The molecule has 0 saturated carbocycles. The first kappa shape index (κ1) is 25.0. The van der Waals surface area contributed by atoms with Crippen LogP contribution >= 0.6 is 11.8 Å². The Hall–Kier alpha value is -4.62. The number of nitrogens with zero attached hydrogens (tertiary/aromatic N) is 3. The van der Waals surface area contributed by atoms with Crippen molar-refractivity contribution in [2.24, 2.45) is 10.2 Å². The lowest BCUT2D eigenvalue weighted by molar-refractivity contribution is -0.122. The van der Waals surface area contributed by atoms with Gasteiger partial charge in [-0.2, -0.15) is 5.10 Å². The third-order valence-corrected chi connectivity index (χ3v) is 6.57. The van der Waals surface area contributed by atoms with Crippen LogP contribution in [-0.4, -0.2) is 22.2 Å².